The van der Waals surface area contributed by atoms with Crippen molar-refractivity contribution in [3.63, 3.8) is 0 Å². The number of carbonyl (C=O) groups is 1. The van der Waals surface area contributed by atoms with Gasteiger partial charge < -0.3 is 5.73 Å². The molecule has 0 aromatic carbocycles. The normalized spacial score (nSPS) is 10.7. The second-order valence-electron chi connectivity index (χ2n) is 3.42. The highest BCUT2D eigenvalue weighted by molar-refractivity contribution is 6.32. The third kappa shape index (κ3) is 2.79. The van der Waals surface area contributed by atoms with Crippen molar-refractivity contribution in [2.45, 2.75) is 33.2 Å². The van der Waals surface area contributed by atoms with Crippen molar-refractivity contribution in [3.05, 3.63) is 16.4 Å². The fraction of sp³-hybridized carbons (Fsp3) is 0.600. The molecule has 0 saturated heterocycles. The molecule has 1 heterocycles. The van der Waals surface area contributed by atoms with Crippen molar-refractivity contribution in [3.8, 4) is 0 Å². The Labute approximate surface area is 94.4 Å². The molecular formula is C10H16ClN3O. The number of hydrogen-bond acceptors (Lipinski definition) is 3. The summed E-state index contributed by atoms with van der Waals surface area (Å²) < 4.78 is 1.77. The van der Waals surface area contributed by atoms with Gasteiger partial charge in [-0.05, 0) is 20.4 Å². The highest BCUT2D eigenvalue weighted by Gasteiger charge is 2.15. The van der Waals surface area contributed by atoms with Crippen LogP contribution in [0.3, 0.4) is 0 Å². The summed E-state index contributed by atoms with van der Waals surface area (Å²) in [5.41, 5.74) is 6.89. The van der Waals surface area contributed by atoms with Crippen LogP contribution < -0.4 is 5.73 Å². The molecular weight excluding hydrogens is 214 g/mol. The van der Waals surface area contributed by atoms with Crippen molar-refractivity contribution < 1.29 is 4.79 Å². The molecule has 0 spiro atoms. The van der Waals surface area contributed by atoms with Gasteiger partial charge in [0.15, 0.2) is 0 Å². The predicted molar refractivity (Wildman–Crippen MR) is 60.0 cm³/mol. The van der Waals surface area contributed by atoms with Gasteiger partial charge in [0.2, 0.25) is 0 Å². The molecule has 1 aromatic heterocycles. The number of hydrogen-bond donors (Lipinski definition) is 1. The van der Waals surface area contributed by atoms with E-state index in [-0.39, 0.29) is 5.78 Å². The molecule has 0 atom stereocenters. The van der Waals surface area contributed by atoms with E-state index in [1.165, 1.54) is 0 Å². The smallest absolute Gasteiger partial charge is 0.140 e. The maximum Gasteiger partial charge on any atom is 0.140 e. The van der Waals surface area contributed by atoms with E-state index in [4.69, 9.17) is 17.3 Å². The Morgan fingerprint density at radius 1 is 1.60 bits per heavy atom. The second kappa shape index (κ2) is 5.28. The van der Waals surface area contributed by atoms with Crippen molar-refractivity contribution >= 4 is 17.4 Å². The Bertz CT molecular complexity index is 360. The first-order valence-electron chi connectivity index (χ1n) is 5.03. The van der Waals surface area contributed by atoms with Gasteiger partial charge in [-0.15, -0.1) is 0 Å². The monoisotopic (exact) mass is 229 g/mol. The number of ketones is 1. The van der Waals surface area contributed by atoms with Crippen LogP contribution in [0.1, 0.15) is 24.7 Å². The molecule has 4 nitrogen and oxygen atoms in total. The third-order valence-corrected chi connectivity index (χ3v) is 2.73. The summed E-state index contributed by atoms with van der Waals surface area (Å²) in [5.74, 6) is 0.106. The molecule has 0 bridgehead atoms. The number of rotatable bonds is 5. The maximum atomic E-state index is 11.5. The van der Waals surface area contributed by atoms with E-state index in [1.807, 2.05) is 13.8 Å². The number of Topliss-reactive ketones (excluding diaryl/α,β-unsaturated/α-hetero) is 1. The van der Waals surface area contributed by atoms with Crippen LogP contribution in [0.5, 0.6) is 0 Å². The lowest BCUT2D eigenvalue weighted by Gasteiger charge is -2.03. The lowest BCUT2D eigenvalue weighted by atomic mass is 10.1. The zero-order valence-corrected chi connectivity index (χ0v) is 9.84. The van der Waals surface area contributed by atoms with Gasteiger partial charge >= 0.3 is 0 Å². The van der Waals surface area contributed by atoms with Crippen LogP contribution in [-0.4, -0.2) is 22.1 Å². The molecule has 0 aliphatic carbocycles. The topological polar surface area (TPSA) is 60.9 Å². The third-order valence-electron chi connectivity index (χ3n) is 2.24. The largest absolute Gasteiger partial charge is 0.330 e. The average molecular weight is 230 g/mol. The van der Waals surface area contributed by atoms with E-state index in [2.05, 4.69) is 5.10 Å². The highest BCUT2D eigenvalue weighted by atomic mass is 35.5. The van der Waals surface area contributed by atoms with Crippen LogP contribution in [0.15, 0.2) is 0 Å². The fourth-order valence-electron chi connectivity index (χ4n) is 1.47. The van der Waals surface area contributed by atoms with Gasteiger partial charge in [-0.1, -0.05) is 11.6 Å². The van der Waals surface area contributed by atoms with Crippen molar-refractivity contribution in [1.82, 2.24) is 9.78 Å². The number of carbonyl (C=O) groups excluding carboxylic acids is 1. The molecule has 0 aliphatic heterocycles. The molecule has 1 rings (SSSR count). The van der Waals surface area contributed by atoms with E-state index < -0.39 is 0 Å². The molecule has 0 radical (unpaired) electrons. The van der Waals surface area contributed by atoms with Crippen molar-refractivity contribution in [1.29, 1.82) is 0 Å². The van der Waals surface area contributed by atoms with E-state index in [0.29, 0.717) is 24.4 Å². The van der Waals surface area contributed by atoms with Gasteiger partial charge in [0.1, 0.15) is 5.78 Å². The minimum absolute atomic E-state index is 0.106. The van der Waals surface area contributed by atoms with Gasteiger partial charge in [0.25, 0.3) is 0 Å². The van der Waals surface area contributed by atoms with E-state index in [0.717, 1.165) is 17.9 Å². The summed E-state index contributed by atoms with van der Waals surface area (Å²) in [5, 5.41) is 4.84. The van der Waals surface area contributed by atoms with Crippen LogP contribution in [-0.2, 0) is 17.8 Å². The van der Waals surface area contributed by atoms with Crippen LogP contribution >= 0.6 is 11.6 Å². The number of nitrogens with two attached hydrogens (primary N) is 1. The van der Waals surface area contributed by atoms with Crippen molar-refractivity contribution in [2.24, 2.45) is 5.73 Å². The molecule has 84 valence electrons. The Morgan fingerprint density at radius 3 is 2.80 bits per heavy atom. The number of halogens is 1. The molecule has 0 unspecified atom stereocenters. The Hall–Kier alpha value is -0.870. The van der Waals surface area contributed by atoms with Crippen LogP contribution in [0.25, 0.3) is 0 Å². The summed E-state index contributed by atoms with van der Waals surface area (Å²) in [6.07, 6.45) is 0.717. The van der Waals surface area contributed by atoms with Gasteiger partial charge in [0.05, 0.1) is 16.4 Å². The first-order chi connectivity index (χ1) is 7.10. The summed E-state index contributed by atoms with van der Waals surface area (Å²) >= 11 is 6.07. The van der Waals surface area contributed by atoms with E-state index >= 15 is 0 Å². The van der Waals surface area contributed by atoms with Crippen LogP contribution in [0.4, 0.5) is 0 Å². The van der Waals surface area contributed by atoms with Gasteiger partial charge in [-0.3, -0.25) is 9.48 Å². The molecule has 0 aliphatic rings. The Kier molecular flexibility index (Phi) is 4.29. The van der Waals surface area contributed by atoms with Crippen molar-refractivity contribution in [2.75, 3.05) is 6.54 Å². The molecule has 5 heteroatoms. The zero-order chi connectivity index (χ0) is 11.4. The molecule has 1 aromatic rings. The van der Waals surface area contributed by atoms with E-state index in [1.54, 1.807) is 4.68 Å². The minimum Gasteiger partial charge on any atom is -0.330 e. The summed E-state index contributed by atoms with van der Waals surface area (Å²) in [7, 11) is 0. The molecule has 2 N–H and O–H groups in total. The van der Waals surface area contributed by atoms with Gasteiger partial charge in [0, 0.05) is 19.4 Å². The lowest BCUT2D eigenvalue weighted by molar-refractivity contribution is -0.118. The molecule has 0 fully saturated rings. The standard InChI is InChI=1S/C10H16ClN3O/c1-3-14-9(6-8(15)4-5-12)10(11)7(2)13-14/h3-6,12H2,1-2H3. The zero-order valence-electron chi connectivity index (χ0n) is 9.09. The average Bonchev–Trinajstić information content (AvgIpc) is 2.46. The van der Waals surface area contributed by atoms with Crippen LogP contribution in [0, 0.1) is 6.92 Å². The number of nitrogens with zero attached hydrogens (tertiary/aromatic N) is 2. The van der Waals surface area contributed by atoms with Crippen LogP contribution in [0.2, 0.25) is 5.02 Å². The van der Waals surface area contributed by atoms with Gasteiger partial charge in [-0.2, -0.15) is 5.10 Å². The second-order valence-corrected chi connectivity index (χ2v) is 3.79. The molecule has 0 amide bonds. The Balaban J connectivity index is 2.87. The first kappa shape index (κ1) is 12.2. The summed E-state index contributed by atoms with van der Waals surface area (Å²) in [6.45, 7) is 4.92. The van der Waals surface area contributed by atoms with Gasteiger partial charge in [-0.25, -0.2) is 0 Å². The highest BCUT2D eigenvalue weighted by Crippen LogP contribution is 2.21. The predicted octanol–water partition coefficient (Wildman–Crippen LogP) is 1.33. The number of aryl methyl sites for hydroxylation is 2. The summed E-state index contributed by atoms with van der Waals surface area (Å²) in [4.78, 5) is 11.5. The minimum atomic E-state index is 0.106. The number of aromatic nitrogens is 2. The Morgan fingerprint density at radius 2 is 2.27 bits per heavy atom. The van der Waals surface area contributed by atoms with E-state index in [9.17, 15) is 4.79 Å². The quantitative estimate of drug-likeness (QED) is 0.829. The lowest BCUT2D eigenvalue weighted by Crippen LogP contribution is -2.13. The SMILES string of the molecule is CCn1nc(C)c(Cl)c1CC(=O)CCN. The summed E-state index contributed by atoms with van der Waals surface area (Å²) in [6, 6.07) is 0. The molecule has 15 heavy (non-hydrogen) atoms. The maximum absolute atomic E-state index is 11.5. The molecule has 0 saturated carbocycles. The first-order valence-corrected chi connectivity index (χ1v) is 5.41. The fourth-order valence-corrected chi connectivity index (χ4v) is 1.68.